The lowest BCUT2D eigenvalue weighted by atomic mass is 10.1. The molecular weight excluding hydrogens is 244 g/mol. The summed E-state index contributed by atoms with van der Waals surface area (Å²) in [5, 5.41) is 0. The SMILES string of the molecule is CC.Cc1cn(C2CCC(C(C)C)O2)c(=O)[nH]c1=O. The smallest absolute Gasteiger partial charge is 0.330 e. The summed E-state index contributed by atoms with van der Waals surface area (Å²) in [6.45, 7) is 9.89. The van der Waals surface area contributed by atoms with Crippen LogP contribution >= 0.6 is 0 Å². The molecule has 19 heavy (non-hydrogen) atoms. The molecule has 0 amide bonds. The lowest BCUT2D eigenvalue weighted by Gasteiger charge is -2.18. The fourth-order valence-electron chi connectivity index (χ4n) is 2.14. The summed E-state index contributed by atoms with van der Waals surface area (Å²) in [5.74, 6) is 0.444. The van der Waals surface area contributed by atoms with Crippen molar-refractivity contribution in [2.24, 2.45) is 5.92 Å². The molecule has 1 aliphatic heterocycles. The van der Waals surface area contributed by atoms with Crippen molar-refractivity contribution in [3.05, 3.63) is 32.6 Å². The minimum absolute atomic E-state index is 0.194. The van der Waals surface area contributed by atoms with Crippen molar-refractivity contribution < 1.29 is 4.74 Å². The highest BCUT2D eigenvalue weighted by molar-refractivity contribution is 5.01. The van der Waals surface area contributed by atoms with Gasteiger partial charge in [-0.2, -0.15) is 0 Å². The molecule has 1 aromatic rings. The first-order valence-electron chi connectivity index (χ1n) is 6.96. The molecule has 0 saturated carbocycles. The van der Waals surface area contributed by atoms with Crippen LogP contribution in [0.15, 0.2) is 15.8 Å². The van der Waals surface area contributed by atoms with E-state index in [1.54, 1.807) is 13.1 Å². The summed E-state index contributed by atoms with van der Waals surface area (Å²) >= 11 is 0. The quantitative estimate of drug-likeness (QED) is 0.894. The van der Waals surface area contributed by atoms with Gasteiger partial charge in [0.15, 0.2) is 0 Å². The molecule has 2 unspecified atom stereocenters. The molecule has 2 atom stereocenters. The second-order valence-electron chi connectivity index (χ2n) is 4.93. The van der Waals surface area contributed by atoms with Crippen molar-refractivity contribution in [2.45, 2.75) is 59.8 Å². The van der Waals surface area contributed by atoms with Gasteiger partial charge >= 0.3 is 5.69 Å². The highest BCUT2D eigenvalue weighted by Crippen LogP contribution is 2.30. The summed E-state index contributed by atoms with van der Waals surface area (Å²) in [4.78, 5) is 25.3. The number of aryl methyl sites for hydroxylation is 1. The number of nitrogens with one attached hydrogen (secondary N) is 1. The molecule has 0 aromatic carbocycles. The molecule has 1 saturated heterocycles. The van der Waals surface area contributed by atoms with Crippen LogP contribution in [0.1, 0.15) is 52.3 Å². The number of H-pyrrole nitrogens is 1. The number of aromatic nitrogens is 2. The van der Waals surface area contributed by atoms with Crippen LogP contribution in [-0.2, 0) is 4.74 Å². The van der Waals surface area contributed by atoms with Crippen molar-refractivity contribution in [2.75, 3.05) is 0 Å². The maximum absolute atomic E-state index is 11.7. The van der Waals surface area contributed by atoms with Crippen LogP contribution < -0.4 is 11.2 Å². The molecule has 2 heterocycles. The number of hydrogen-bond acceptors (Lipinski definition) is 3. The maximum Gasteiger partial charge on any atom is 0.330 e. The van der Waals surface area contributed by atoms with E-state index in [-0.39, 0.29) is 17.9 Å². The zero-order valence-electron chi connectivity index (χ0n) is 12.4. The molecule has 0 radical (unpaired) electrons. The predicted octanol–water partition coefficient (Wildman–Crippen LogP) is 2.20. The first-order valence-corrected chi connectivity index (χ1v) is 6.96. The Bertz CT molecular complexity index is 516. The number of aromatic amines is 1. The fraction of sp³-hybridized carbons (Fsp3) is 0.714. The van der Waals surface area contributed by atoms with Gasteiger partial charge in [-0.3, -0.25) is 14.3 Å². The Balaban J connectivity index is 0.000000861. The number of hydrogen-bond donors (Lipinski definition) is 1. The Kier molecular flexibility index (Phi) is 5.54. The first-order chi connectivity index (χ1) is 8.99. The lowest BCUT2D eigenvalue weighted by Crippen LogP contribution is -2.33. The summed E-state index contributed by atoms with van der Waals surface area (Å²) in [7, 11) is 0. The van der Waals surface area contributed by atoms with Gasteiger partial charge in [0, 0.05) is 11.8 Å². The van der Waals surface area contributed by atoms with Gasteiger partial charge < -0.3 is 4.74 Å². The molecule has 1 aromatic heterocycles. The Morgan fingerprint density at radius 1 is 1.32 bits per heavy atom. The Hall–Kier alpha value is -1.36. The van der Waals surface area contributed by atoms with Crippen molar-refractivity contribution in [1.82, 2.24) is 9.55 Å². The highest BCUT2D eigenvalue weighted by atomic mass is 16.5. The highest BCUT2D eigenvalue weighted by Gasteiger charge is 2.29. The standard InChI is InChI=1S/C12H18N2O3.C2H6/c1-7(2)9-4-5-10(17-9)14-6-8(3)11(15)13-12(14)16;1-2/h6-7,9-10H,4-5H2,1-3H3,(H,13,15,16);1-2H3. The van der Waals surface area contributed by atoms with Crippen molar-refractivity contribution in [3.8, 4) is 0 Å². The predicted molar refractivity (Wildman–Crippen MR) is 75.4 cm³/mol. The van der Waals surface area contributed by atoms with Crippen LogP contribution in [0.4, 0.5) is 0 Å². The third kappa shape index (κ3) is 3.56. The Morgan fingerprint density at radius 2 is 1.95 bits per heavy atom. The average Bonchev–Trinajstić information content (AvgIpc) is 2.86. The lowest BCUT2D eigenvalue weighted by molar-refractivity contribution is -0.0209. The number of nitrogens with zero attached hydrogens (tertiary/aromatic N) is 1. The first kappa shape index (κ1) is 15.7. The molecule has 2 rings (SSSR count). The van der Waals surface area contributed by atoms with Gasteiger partial charge in [0.2, 0.25) is 0 Å². The van der Waals surface area contributed by atoms with Crippen LogP contribution in [-0.4, -0.2) is 15.7 Å². The van der Waals surface area contributed by atoms with Crippen molar-refractivity contribution >= 4 is 0 Å². The summed E-state index contributed by atoms with van der Waals surface area (Å²) in [5.41, 5.74) is -0.194. The second-order valence-corrected chi connectivity index (χ2v) is 4.93. The average molecular weight is 268 g/mol. The summed E-state index contributed by atoms with van der Waals surface area (Å²) in [6.07, 6.45) is 3.29. The van der Waals surface area contributed by atoms with Crippen LogP contribution in [0.3, 0.4) is 0 Å². The summed E-state index contributed by atoms with van der Waals surface area (Å²) < 4.78 is 7.31. The van der Waals surface area contributed by atoms with Gasteiger partial charge in [0.1, 0.15) is 6.23 Å². The molecule has 5 heteroatoms. The van der Waals surface area contributed by atoms with Gasteiger partial charge in [0.25, 0.3) is 5.56 Å². The van der Waals surface area contributed by atoms with E-state index in [9.17, 15) is 9.59 Å². The molecule has 0 spiro atoms. The van der Waals surface area contributed by atoms with E-state index in [0.29, 0.717) is 11.5 Å². The largest absolute Gasteiger partial charge is 0.354 e. The molecule has 1 N–H and O–H groups in total. The van der Waals surface area contributed by atoms with Crippen LogP contribution in [0.5, 0.6) is 0 Å². The van der Waals surface area contributed by atoms with Gasteiger partial charge in [-0.15, -0.1) is 0 Å². The fourth-order valence-corrected chi connectivity index (χ4v) is 2.14. The molecule has 1 fully saturated rings. The van der Waals surface area contributed by atoms with E-state index in [2.05, 4.69) is 18.8 Å². The third-order valence-electron chi connectivity index (χ3n) is 3.23. The maximum atomic E-state index is 11.7. The molecule has 0 bridgehead atoms. The molecule has 1 aliphatic rings. The second kappa shape index (κ2) is 6.70. The normalized spacial score (nSPS) is 22.2. The zero-order valence-corrected chi connectivity index (χ0v) is 12.4. The van der Waals surface area contributed by atoms with Crippen LogP contribution in [0, 0.1) is 12.8 Å². The van der Waals surface area contributed by atoms with Crippen molar-refractivity contribution in [1.29, 1.82) is 0 Å². The van der Waals surface area contributed by atoms with E-state index in [1.165, 1.54) is 4.57 Å². The van der Waals surface area contributed by atoms with E-state index in [4.69, 9.17) is 4.74 Å². The Labute approximate surface area is 113 Å². The molecule has 5 nitrogen and oxygen atoms in total. The minimum atomic E-state index is -0.394. The van der Waals surface area contributed by atoms with Crippen molar-refractivity contribution in [3.63, 3.8) is 0 Å². The van der Waals surface area contributed by atoms with Gasteiger partial charge in [-0.25, -0.2) is 4.79 Å². The van der Waals surface area contributed by atoms with E-state index in [1.807, 2.05) is 13.8 Å². The third-order valence-corrected chi connectivity index (χ3v) is 3.23. The van der Waals surface area contributed by atoms with Gasteiger partial charge in [-0.1, -0.05) is 27.7 Å². The number of ether oxygens (including phenoxy) is 1. The summed E-state index contributed by atoms with van der Waals surface area (Å²) in [6, 6.07) is 0. The Morgan fingerprint density at radius 3 is 2.47 bits per heavy atom. The molecular formula is C14H24N2O3. The van der Waals surface area contributed by atoms with E-state index >= 15 is 0 Å². The van der Waals surface area contributed by atoms with E-state index in [0.717, 1.165) is 12.8 Å². The molecule has 108 valence electrons. The van der Waals surface area contributed by atoms with Crippen LogP contribution in [0.2, 0.25) is 0 Å². The zero-order chi connectivity index (χ0) is 14.6. The van der Waals surface area contributed by atoms with Gasteiger partial charge in [-0.05, 0) is 25.7 Å². The van der Waals surface area contributed by atoms with Gasteiger partial charge in [0.05, 0.1) is 6.10 Å². The number of rotatable bonds is 2. The topological polar surface area (TPSA) is 64.1 Å². The minimum Gasteiger partial charge on any atom is -0.354 e. The monoisotopic (exact) mass is 268 g/mol. The van der Waals surface area contributed by atoms with E-state index < -0.39 is 5.69 Å². The van der Waals surface area contributed by atoms with Crippen LogP contribution in [0.25, 0.3) is 0 Å². The molecule has 0 aliphatic carbocycles.